The zero-order valence-electron chi connectivity index (χ0n) is 27.3. The Kier molecular flexibility index (Phi) is 9.45. The fraction of sp³-hybridized carbons (Fsp3) is 0.229. The molecule has 13 nitrogen and oxygen atoms in total. The van der Waals surface area contributed by atoms with Gasteiger partial charge in [0.15, 0.2) is 11.6 Å². The molecular weight excluding hydrogens is 748 g/mol. The Morgan fingerprint density at radius 3 is 1.71 bits per heavy atom. The highest BCUT2D eigenvalue weighted by molar-refractivity contribution is 6.34. The number of halogens is 4. The monoisotopic (exact) mass is 775 g/mol. The Morgan fingerprint density at radius 2 is 1.17 bits per heavy atom. The lowest BCUT2D eigenvalue weighted by Gasteiger charge is -2.26. The summed E-state index contributed by atoms with van der Waals surface area (Å²) in [6, 6.07) is 22.1. The summed E-state index contributed by atoms with van der Waals surface area (Å²) in [4.78, 5) is 40.6. The number of aromatic nitrogens is 9. The minimum atomic E-state index is -0.266. The number of para-hydroxylation sites is 2. The number of rotatable bonds is 5. The molecule has 7 aromatic rings. The maximum absolute atomic E-state index is 13.5. The molecule has 264 valence electrons. The summed E-state index contributed by atoms with van der Waals surface area (Å²) in [5.74, 6) is 1.63. The molecule has 0 unspecified atom stereocenters. The van der Waals surface area contributed by atoms with Crippen LogP contribution in [0.2, 0.25) is 20.6 Å². The lowest BCUT2D eigenvalue weighted by Crippen LogP contribution is -2.33. The van der Waals surface area contributed by atoms with E-state index in [2.05, 4.69) is 25.4 Å². The van der Waals surface area contributed by atoms with E-state index in [0.29, 0.717) is 45.1 Å². The van der Waals surface area contributed by atoms with E-state index >= 15 is 0 Å². The Bertz CT molecular complexity index is 2510. The van der Waals surface area contributed by atoms with Gasteiger partial charge in [-0.1, -0.05) is 59.6 Å². The van der Waals surface area contributed by atoms with Crippen molar-refractivity contribution in [1.82, 2.24) is 48.6 Å². The first-order chi connectivity index (χ1) is 25.3. The van der Waals surface area contributed by atoms with E-state index in [-0.39, 0.29) is 33.8 Å². The van der Waals surface area contributed by atoms with E-state index in [0.717, 1.165) is 43.7 Å². The molecule has 2 fully saturated rings. The molecule has 2 aromatic carbocycles. The molecule has 1 N–H and O–H groups in total. The quantitative estimate of drug-likeness (QED) is 0.207. The second-order valence-electron chi connectivity index (χ2n) is 12.3. The van der Waals surface area contributed by atoms with Crippen molar-refractivity contribution in [3.8, 4) is 11.4 Å². The van der Waals surface area contributed by atoms with Gasteiger partial charge in [-0.05, 0) is 91.8 Å². The number of fused-ring (bicyclic) bond motifs is 2. The van der Waals surface area contributed by atoms with Crippen LogP contribution in [0.3, 0.4) is 0 Å². The van der Waals surface area contributed by atoms with Gasteiger partial charge in [0, 0.05) is 18.9 Å². The summed E-state index contributed by atoms with van der Waals surface area (Å²) in [7, 11) is 0. The van der Waals surface area contributed by atoms with E-state index in [1.54, 1.807) is 38.2 Å². The smallest absolute Gasteiger partial charge is 0.284 e. The van der Waals surface area contributed by atoms with Gasteiger partial charge in [-0.3, -0.25) is 18.7 Å². The summed E-state index contributed by atoms with van der Waals surface area (Å²) in [6.45, 7) is 1.61. The van der Waals surface area contributed by atoms with Crippen LogP contribution in [-0.2, 0) is 0 Å². The molecule has 0 amide bonds. The SMILES string of the molecule is O=c1c2c(Cl)ccn2nc([C@@H]2CCCN2)n1-c1ccccc1.O=c1c2c(Cl)ccn2nc([C@@H]2CCCN2c2nc(Cl)nc(Cl)n2)n1-c1ccccc1. The molecular formula is C35H29Cl4N11O2. The van der Waals surface area contributed by atoms with Gasteiger partial charge in [-0.2, -0.15) is 25.1 Å². The molecule has 2 aliphatic heterocycles. The molecule has 0 saturated carbocycles. The highest BCUT2D eigenvalue weighted by atomic mass is 35.5. The number of hydrogen-bond donors (Lipinski definition) is 1. The van der Waals surface area contributed by atoms with Crippen molar-refractivity contribution in [3.63, 3.8) is 0 Å². The Balaban J connectivity index is 0.000000156. The topological polar surface area (TPSA) is 133 Å². The molecule has 0 aliphatic carbocycles. The van der Waals surface area contributed by atoms with Crippen LogP contribution >= 0.6 is 46.4 Å². The molecule has 0 radical (unpaired) electrons. The predicted octanol–water partition coefficient (Wildman–Crippen LogP) is 6.54. The third-order valence-electron chi connectivity index (χ3n) is 9.10. The van der Waals surface area contributed by atoms with Crippen molar-refractivity contribution in [2.45, 2.75) is 37.8 Å². The Hall–Kier alpha value is -4.79. The van der Waals surface area contributed by atoms with Crippen LogP contribution in [0.1, 0.15) is 49.4 Å². The minimum Gasteiger partial charge on any atom is -0.330 e. The highest BCUT2D eigenvalue weighted by Gasteiger charge is 2.34. The van der Waals surface area contributed by atoms with Crippen LogP contribution in [0.4, 0.5) is 5.95 Å². The van der Waals surface area contributed by atoms with Crippen LogP contribution in [0.5, 0.6) is 0 Å². The molecule has 5 aromatic heterocycles. The second kappa shape index (κ2) is 14.3. The van der Waals surface area contributed by atoms with E-state index in [1.807, 2.05) is 65.6 Å². The number of hydrogen-bond acceptors (Lipinski definition) is 9. The third kappa shape index (κ3) is 6.32. The van der Waals surface area contributed by atoms with Crippen molar-refractivity contribution in [1.29, 1.82) is 0 Å². The summed E-state index contributed by atoms with van der Waals surface area (Å²) in [5.41, 5.74) is 1.85. The van der Waals surface area contributed by atoms with Crippen LogP contribution in [0, 0.1) is 0 Å². The second-order valence-corrected chi connectivity index (χ2v) is 13.7. The summed E-state index contributed by atoms with van der Waals surface area (Å²) >= 11 is 24.4. The van der Waals surface area contributed by atoms with Gasteiger partial charge >= 0.3 is 0 Å². The summed E-state index contributed by atoms with van der Waals surface area (Å²) < 4.78 is 6.36. The van der Waals surface area contributed by atoms with Crippen LogP contribution in [-0.4, -0.2) is 56.4 Å². The lowest BCUT2D eigenvalue weighted by molar-refractivity contribution is 0.560. The molecule has 2 saturated heterocycles. The highest BCUT2D eigenvalue weighted by Crippen LogP contribution is 2.35. The molecule has 52 heavy (non-hydrogen) atoms. The van der Waals surface area contributed by atoms with Crippen molar-refractivity contribution >= 4 is 63.4 Å². The minimum absolute atomic E-state index is 0.0108. The first kappa shape index (κ1) is 34.3. The zero-order chi connectivity index (χ0) is 35.9. The predicted molar refractivity (Wildman–Crippen MR) is 201 cm³/mol. The normalized spacial score (nSPS) is 17.2. The maximum Gasteiger partial charge on any atom is 0.284 e. The van der Waals surface area contributed by atoms with Gasteiger partial charge in [-0.25, -0.2) is 9.03 Å². The van der Waals surface area contributed by atoms with Crippen LogP contribution in [0.25, 0.3) is 22.4 Å². The fourth-order valence-corrected chi connectivity index (χ4v) is 7.62. The Labute approximate surface area is 316 Å². The van der Waals surface area contributed by atoms with Crippen molar-refractivity contribution in [2.75, 3.05) is 18.0 Å². The van der Waals surface area contributed by atoms with Crippen molar-refractivity contribution < 1.29 is 0 Å². The van der Waals surface area contributed by atoms with Gasteiger partial charge in [-0.15, -0.1) is 0 Å². The van der Waals surface area contributed by atoms with Gasteiger partial charge < -0.3 is 10.2 Å². The van der Waals surface area contributed by atoms with Crippen LogP contribution in [0.15, 0.2) is 94.8 Å². The van der Waals surface area contributed by atoms with Gasteiger partial charge in [0.05, 0.1) is 33.5 Å². The lowest BCUT2D eigenvalue weighted by atomic mass is 10.2. The van der Waals surface area contributed by atoms with E-state index in [1.165, 1.54) is 4.52 Å². The third-order valence-corrected chi connectivity index (χ3v) is 10.1. The van der Waals surface area contributed by atoms with Gasteiger partial charge in [0.25, 0.3) is 11.1 Å². The molecule has 9 rings (SSSR count). The largest absolute Gasteiger partial charge is 0.330 e. The standard InChI is InChI=1S/C19H14Cl3N7O.C16H15ClN4O/c20-12-8-10-28-14(12)16(30)29(11-5-2-1-3-6-11)15(26-28)13-7-4-9-27(13)19-24-17(21)23-18(22)25-19;17-12-8-10-20-14(12)16(22)21(11-5-2-1-3-6-11)15(19-20)13-7-4-9-18-13/h1-3,5-6,8,10,13H,4,7,9H2;1-3,5-6,8,10,13,18H,4,7,9H2/t2*13-/m00/s1. The Morgan fingerprint density at radius 1 is 0.635 bits per heavy atom. The molecule has 2 aliphatic rings. The fourth-order valence-electron chi connectivity index (χ4n) is 6.81. The first-order valence-corrected chi connectivity index (χ1v) is 18.1. The number of benzene rings is 2. The van der Waals surface area contributed by atoms with Gasteiger partial charge in [0.2, 0.25) is 16.5 Å². The number of nitrogens with one attached hydrogen (secondary N) is 1. The summed E-state index contributed by atoms with van der Waals surface area (Å²) in [6.07, 6.45) is 7.07. The van der Waals surface area contributed by atoms with E-state index < -0.39 is 0 Å². The molecule has 0 bridgehead atoms. The van der Waals surface area contributed by atoms with E-state index in [9.17, 15) is 9.59 Å². The average Bonchev–Trinajstić information content (AvgIpc) is 3.97. The zero-order valence-corrected chi connectivity index (χ0v) is 30.3. The molecule has 0 spiro atoms. The van der Waals surface area contributed by atoms with E-state index in [4.69, 9.17) is 51.5 Å². The number of anilines is 1. The first-order valence-electron chi connectivity index (χ1n) is 16.6. The van der Waals surface area contributed by atoms with Crippen molar-refractivity contribution in [3.05, 3.63) is 138 Å². The van der Waals surface area contributed by atoms with Crippen LogP contribution < -0.4 is 21.3 Å². The average molecular weight is 778 g/mol. The maximum atomic E-state index is 13.5. The molecule has 2 atom stereocenters. The molecule has 17 heteroatoms. The summed E-state index contributed by atoms with van der Waals surface area (Å²) in [5, 5.41) is 13.6. The van der Waals surface area contributed by atoms with Gasteiger partial charge in [0.1, 0.15) is 11.0 Å². The molecule has 7 heterocycles. The number of nitrogens with zero attached hydrogens (tertiary/aromatic N) is 10. The van der Waals surface area contributed by atoms with Crippen molar-refractivity contribution in [2.24, 2.45) is 0 Å².